The van der Waals surface area contributed by atoms with E-state index in [9.17, 15) is 18.0 Å². The quantitative estimate of drug-likeness (QED) is 0.332. The summed E-state index contributed by atoms with van der Waals surface area (Å²) in [5, 5.41) is 1.75. The summed E-state index contributed by atoms with van der Waals surface area (Å²) < 4.78 is 36.8. The third-order valence-corrected chi connectivity index (χ3v) is 6.62. The lowest BCUT2D eigenvalue weighted by Gasteiger charge is -2.14. The minimum atomic E-state index is -4.06. The van der Waals surface area contributed by atoms with Crippen molar-refractivity contribution in [3.63, 3.8) is 0 Å². The second kappa shape index (κ2) is 8.76. The van der Waals surface area contributed by atoms with Crippen molar-refractivity contribution in [1.82, 2.24) is 5.32 Å². The van der Waals surface area contributed by atoms with Crippen LogP contribution in [0.15, 0.2) is 46.2 Å². The Kier molecular flexibility index (Phi) is 6.54. The third-order valence-electron chi connectivity index (χ3n) is 3.77. The molecule has 152 valence electrons. The molecule has 1 saturated heterocycles. The van der Waals surface area contributed by atoms with Gasteiger partial charge in [0, 0.05) is 0 Å². The van der Waals surface area contributed by atoms with Crippen molar-refractivity contribution in [2.45, 2.75) is 18.7 Å². The average molecular weight is 545 g/mol. The van der Waals surface area contributed by atoms with E-state index in [2.05, 4.69) is 5.32 Å². The minimum Gasteiger partial charge on any atom is -0.490 e. The zero-order valence-electron chi connectivity index (χ0n) is 15.4. The number of ether oxygens (including phenoxy) is 1. The Bertz CT molecular complexity index is 1110. The molecule has 2 aromatic rings. The topological polar surface area (TPSA) is 98.8 Å². The number of carbonyl (C=O) groups is 2. The van der Waals surface area contributed by atoms with E-state index in [0.29, 0.717) is 9.13 Å². The Labute approximate surface area is 186 Å². The molecule has 1 aliphatic heterocycles. The number of amides is 2. The van der Waals surface area contributed by atoms with Crippen molar-refractivity contribution in [2.24, 2.45) is 0 Å². The van der Waals surface area contributed by atoms with E-state index in [0.717, 1.165) is 17.3 Å². The van der Waals surface area contributed by atoms with Gasteiger partial charge in [-0.3, -0.25) is 14.9 Å². The van der Waals surface area contributed by atoms with Gasteiger partial charge >= 0.3 is 10.1 Å². The van der Waals surface area contributed by atoms with E-state index in [1.165, 1.54) is 18.2 Å². The summed E-state index contributed by atoms with van der Waals surface area (Å²) in [6, 6.07) is 9.53. The predicted molar refractivity (Wildman–Crippen MR) is 118 cm³/mol. The van der Waals surface area contributed by atoms with Gasteiger partial charge in [0.1, 0.15) is 4.90 Å². The fraction of sp³-hybridized carbons (Fsp3) is 0.158. The van der Waals surface area contributed by atoms with Gasteiger partial charge in [0.15, 0.2) is 11.5 Å². The number of thioether (sulfide) groups is 1. The number of rotatable bonds is 6. The van der Waals surface area contributed by atoms with Gasteiger partial charge in [-0.05, 0) is 84.1 Å². The van der Waals surface area contributed by atoms with Crippen molar-refractivity contribution in [3.8, 4) is 11.5 Å². The number of benzene rings is 2. The number of carbonyl (C=O) groups excluding carboxylic acids is 2. The Morgan fingerprint density at radius 1 is 1.17 bits per heavy atom. The molecule has 0 bridgehead atoms. The number of imide groups is 1. The maximum Gasteiger partial charge on any atom is 0.339 e. The smallest absolute Gasteiger partial charge is 0.339 e. The van der Waals surface area contributed by atoms with Gasteiger partial charge in [-0.15, -0.1) is 0 Å². The van der Waals surface area contributed by atoms with E-state index in [-0.39, 0.29) is 27.9 Å². The molecule has 0 spiro atoms. The maximum absolute atomic E-state index is 12.7. The summed E-state index contributed by atoms with van der Waals surface area (Å²) in [5.74, 6) is -0.193. The lowest BCUT2D eigenvalue weighted by molar-refractivity contribution is -0.115. The van der Waals surface area contributed by atoms with Gasteiger partial charge in [-0.25, -0.2) is 0 Å². The van der Waals surface area contributed by atoms with Crippen LogP contribution in [0.5, 0.6) is 11.5 Å². The lowest BCUT2D eigenvalue weighted by atomic mass is 10.2. The van der Waals surface area contributed by atoms with E-state index in [1.54, 1.807) is 31.2 Å². The van der Waals surface area contributed by atoms with Gasteiger partial charge in [-0.1, -0.05) is 17.7 Å². The molecule has 1 aliphatic rings. The minimum absolute atomic E-state index is 0.0325. The molecule has 3 rings (SSSR count). The Morgan fingerprint density at radius 2 is 1.86 bits per heavy atom. The highest BCUT2D eigenvalue weighted by molar-refractivity contribution is 14.1. The monoisotopic (exact) mass is 545 g/mol. The van der Waals surface area contributed by atoms with Crippen molar-refractivity contribution in [2.75, 3.05) is 6.61 Å². The van der Waals surface area contributed by atoms with E-state index in [1.807, 2.05) is 29.5 Å². The number of hydrogen-bond acceptors (Lipinski definition) is 7. The van der Waals surface area contributed by atoms with Crippen LogP contribution in [0.2, 0.25) is 0 Å². The fourth-order valence-corrected chi connectivity index (χ4v) is 4.97. The second-order valence-corrected chi connectivity index (χ2v) is 9.69. The van der Waals surface area contributed by atoms with Gasteiger partial charge < -0.3 is 8.92 Å². The largest absolute Gasteiger partial charge is 0.490 e. The van der Waals surface area contributed by atoms with Crippen molar-refractivity contribution >= 4 is 61.7 Å². The van der Waals surface area contributed by atoms with Crippen molar-refractivity contribution in [1.29, 1.82) is 0 Å². The normalized spacial score (nSPS) is 15.5. The summed E-state index contributed by atoms with van der Waals surface area (Å²) in [5.41, 5.74) is 1.50. The summed E-state index contributed by atoms with van der Waals surface area (Å²) in [6.07, 6.45) is 1.54. The average Bonchev–Trinajstić information content (AvgIpc) is 2.95. The van der Waals surface area contributed by atoms with Crippen LogP contribution in [0.25, 0.3) is 6.08 Å². The number of aryl methyl sites for hydroxylation is 1. The van der Waals surface area contributed by atoms with Crippen LogP contribution in [0.3, 0.4) is 0 Å². The maximum atomic E-state index is 12.7. The molecule has 1 heterocycles. The molecular weight excluding hydrogens is 529 g/mol. The zero-order valence-corrected chi connectivity index (χ0v) is 19.2. The molecule has 0 atom stereocenters. The molecule has 0 aromatic heterocycles. The first-order valence-electron chi connectivity index (χ1n) is 8.42. The summed E-state index contributed by atoms with van der Waals surface area (Å²) in [6.45, 7) is 3.90. The summed E-state index contributed by atoms with van der Waals surface area (Å²) >= 11 is 2.74. The van der Waals surface area contributed by atoms with Crippen molar-refractivity contribution < 1.29 is 26.9 Å². The van der Waals surface area contributed by atoms with Gasteiger partial charge in [0.25, 0.3) is 11.1 Å². The predicted octanol–water partition coefficient (Wildman–Crippen LogP) is 4.09. The van der Waals surface area contributed by atoms with Crippen LogP contribution in [0, 0.1) is 10.5 Å². The van der Waals surface area contributed by atoms with Crippen LogP contribution < -0.4 is 14.2 Å². The molecule has 7 nitrogen and oxygen atoms in total. The number of nitrogens with one attached hydrogen (secondary N) is 1. The Morgan fingerprint density at radius 3 is 2.45 bits per heavy atom. The molecule has 0 unspecified atom stereocenters. The highest BCUT2D eigenvalue weighted by Gasteiger charge is 2.26. The van der Waals surface area contributed by atoms with Gasteiger partial charge in [0.05, 0.1) is 15.1 Å². The molecule has 0 radical (unpaired) electrons. The molecule has 0 aliphatic carbocycles. The molecule has 1 fully saturated rings. The Balaban J connectivity index is 1.99. The Hall–Kier alpha value is -2.05. The first kappa shape index (κ1) is 21.7. The molecule has 2 aromatic carbocycles. The highest BCUT2D eigenvalue weighted by atomic mass is 127. The van der Waals surface area contributed by atoms with Crippen LogP contribution in [0.1, 0.15) is 18.1 Å². The first-order valence-corrected chi connectivity index (χ1v) is 11.7. The number of hydrogen-bond donors (Lipinski definition) is 1. The first-order chi connectivity index (χ1) is 13.7. The van der Waals surface area contributed by atoms with E-state index in [4.69, 9.17) is 8.92 Å². The molecule has 2 amide bonds. The molecule has 1 N–H and O–H groups in total. The van der Waals surface area contributed by atoms with E-state index >= 15 is 0 Å². The van der Waals surface area contributed by atoms with Crippen LogP contribution in [-0.2, 0) is 14.9 Å². The summed E-state index contributed by atoms with van der Waals surface area (Å²) in [4.78, 5) is 23.4. The van der Waals surface area contributed by atoms with Gasteiger partial charge in [-0.2, -0.15) is 8.42 Å². The number of halogens is 1. The standard InChI is InChI=1S/C19H16INO6S2/c1-3-26-15-9-12(10-16-18(22)21-19(23)28-16)8-14(20)17(15)27-29(24,25)13-6-4-11(2)5-7-13/h4-10H,3H2,1-2H3,(H,21,22,23)/b16-10-. The molecule has 0 saturated carbocycles. The van der Waals surface area contributed by atoms with Crippen molar-refractivity contribution in [3.05, 3.63) is 56.0 Å². The van der Waals surface area contributed by atoms with Crippen LogP contribution >= 0.6 is 34.4 Å². The molecule has 10 heteroatoms. The highest BCUT2D eigenvalue weighted by Crippen LogP contribution is 2.37. The van der Waals surface area contributed by atoms with E-state index < -0.39 is 21.3 Å². The van der Waals surface area contributed by atoms with Crippen LogP contribution in [-0.4, -0.2) is 26.2 Å². The fourth-order valence-electron chi connectivity index (χ4n) is 2.45. The third kappa shape index (κ3) is 5.11. The summed E-state index contributed by atoms with van der Waals surface area (Å²) in [7, 11) is -4.06. The van der Waals surface area contributed by atoms with Gasteiger partial charge in [0.2, 0.25) is 0 Å². The molecular formula is C19H16INO6S2. The second-order valence-electron chi connectivity index (χ2n) is 5.97. The lowest BCUT2D eigenvalue weighted by Crippen LogP contribution is -2.17. The zero-order chi connectivity index (χ0) is 21.2. The van der Waals surface area contributed by atoms with Crippen LogP contribution in [0.4, 0.5) is 4.79 Å². The molecule has 29 heavy (non-hydrogen) atoms. The SMILES string of the molecule is CCOc1cc(/C=C2\SC(=O)NC2=O)cc(I)c1OS(=O)(=O)c1ccc(C)cc1.